The van der Waals surface area contributed by atoms with Crippen LogP contribution in [0.15, 0.2) is 65.2 Å². The lowest BCUT2D eigenvalue weighted by atomic mass is 9.82. The number of benzene rings is 2. The Bertz CT molecular complexity index is 1830. The van der Waals surface area contributed by atoms with Gasteiger partial charge < -0.3 is 4.42 Å². The first-order valence-electron chi connectivity index (χ1n) is 14.5. The summed E-state index contributed by atoms with van der Waals surface area (Å²) in [4.78, 5) is 4.80. The highest BCUT2D eigenvalue weighted by molar-refractivity contribution is 6.09. The minimum absolute atomic E-state index is 0.162. The maximum absolute atomic E-state index is 8.54. The van der Waals surface area contributed by atoms with Crippen molar-refractivity contribution in [2.45, 2.75) is 45.8 Å². The molecule has 0 atom stereocenters. The Morgan fingerprint density at radius 3 is 2.64 bits per heavy atom. The molecule has 3 heteroatoms. The van der Waals surface area contributed by atoms with Crippen molar-refractivity contribution in [3.05, 3.63) is 83.0 Å². The summed E-state index contributed by atoms with van der Waals surface area (Å²) in [7, 11) is 1.93. The van der Waals surface area contributed by atoms with Gasteiger partial charge in [0.25, 0.3) is 0 Å². The summed E-state index contributed by atoms with van der Waals surface area (Å²) in [6.45, 7) is -0.0717. The van der Waals surface area contributed by atoms with Gasteiger partial charge in [-0.05, 0) is 41.1 Å². The van der Waals surface area contributed by atoms with E-state index in [1.807, 2.05) is 62.8 Å². The van der Waals surface area contributed by atoms with Crippen molar-refractivity contribution in [1.29, 1.82) is 0 Å². The lowest BCUT2D eigenvalue weighted by molar-refractivity contribution is -0.660. The van der Waals surface area contributed by atoms with Crippen LogP contribution in [0.5, 0.6) is 0 Å². The number of hydrogen-bond donors (Lipinski definition) is 0. The highest BCUT2D eigenvalue weighted by atomic mass is 16.3. The number of furan rings is 1. The molecule has 0 amide bonds. The third-order valence-corrected chi connectivity index (χ3v) is 6.82. The second-order valence-corrected chi connectivity index (χ2v) is 9.18. The Kier molecular flexibility index (Phi) is 2.86. The molecule has 3 aromatic heterocycles. The van der Waals surface area contributed by atoms with E-state index < -0.39 is 25.0 Å². The molecule has 0 spiro atoms. The van der Waals surface area contributed by atoms with Gasteiger partial charge in [-0.15, -0.1) is 0 Å². The molecule has 33 heavy (non-hydrogen) atoms. The van der Waals surface area contributed by atoms with Crippen LogP contribution in [-0.2, 0) is 12.5 Å². The summed E-state index contributed by atoms with van der Waals surface area (Å²) < 4.78 is 68.0. The van der Waals surface area contributed by atoms with E-state index in [1.165, 1.54) is 0 Å². The molecule has 6 rings (SSSR count). The van der Waals surface area contributed by atoms with Crippen LogP contribution in [0.4, 0.5) is 0 Å². The van der Waals surface area contributed by atoms with Crippen molar-refractivity contribution in [3.8, 4) is 22.5 Å². The monoisotopic (exact) mass is 440 g/mol. The average Bonchev–Trinajstić information content (AvgIpc) is 3.35. The third kappa shape index (κ3) is 2.75. The second kappa shape index (κ2) is 6.77. The molecule has 0 fully saturated rings. The predicted molar refractivity (Wildman–Crippen MR) is 135 cm³/mol. The molecule has 0 bridgehead atoms. The zero-order valence-corrected chi connectivity index (χ0v) is 19.1. The van der Waals surface area contributed by atoms with Crippen LogP contribution < -0.4 is 4.57 Å². The van der Waals surface area contributed by atoms with E-state index in [2.05, 4.69) is 0 Å². The van der Waals surface area contributed by atoms with Crippen molar-refractivity contribution >= 4 is 22.1 Å². The first kappa shape index (κ1) is 13.9. The van der Waals surface area contributed by atoms with Crippen molar-refractivity contribution in [1.82, 2.24) is 4.98 Å². The molecule has 3 nitrogen and oxygen atoms in total. The van der Waals surface area contributed by atoms with Crippen LogP contribution in [0.2, 0.25) is 0 Å². The molecule has 3 heterocycles. The SMILES string of the molecule is [2H]C(C)(C)c1cc[n+](C)c(-c2c(C)ccc3c2oc2nc4c(cc23)C(C([2H])([2H])[2H])(C([2H])([2H])[2H])c2ccccc2-4)c1. The topological polar surface area (TPSA) is 29.9 Å². The van der Waals surface area contributed by atoms with Crippen molar-refractivity contribution < 1.29 is 18.6 Å². The highest BCUT2D eigenvalue weighted by Crippen LogP contribution is 2.49. The minimum Gasteiger partial charge on any atom is -0.437 e. The quantitative estimate of drug-likeness (QED) is 0.271. The maximum atomic E-state index is 8.54. The van der Waals surface area contributed by atoms with Crippen LogP contribution in [0, 0.1) is 6.92 Å². The smallest absolute Gasteiger partial charge is 0.227 e. The fourth-order valence-corrected chi connectivity index (χ4v) is 4.96. The van der Waals surface area contributed by atoms with Gasteiger partial charge in [0.15, 0.2) is 11.8 Å². The van der Waals surface area contributed by atoms with Crippen molar-refractivity contribution in [2.24, 2.45) is 7.05 Å². The van der Waals surface area contributed by atoms with E-state index in [0.717, 1.165) is 22.4 Å². The van der Waals surface area contributed by atoms with E-state index in [1.54, 1.807) is 30.3 Å². The molecule has 1 aliphatic carbocycles. The summed E-state index contributed by atoms with van der Waals surface area (Å²) in [6.07, 6.45) is 1.92. The lowest BCUT2D eigenvalue weighted by Gasteiger charge is -2.20. The molecule has 0 N–H and O–H groups in total. The number of hydrogen-bond acceptors (Lipinski definition) is 2. The summed E-state index contributed by atoms with van der Waals surface area (Å²) in [5.74, 6) is -0.803. The molecule has 0 unspecified atom stereocenters. The van der Waals surface area contributed by atoms with E-state index in [0.29, 0.717) is 33.3 Å². The number of fused-ring (bicyclic) bond motifs is 6. The normalized spacial score (nSPS) is 18.5. The molecule has 0 saturated heterocycles. The molecule has 2 aromatic carbocycles. The average molecular weight is 441 g/mol. The predicted octanol–water partition coefficient (Wildman–Crippen LogP) is 7.21. The number of aryl methyl sites for hydroxylation is 2. The van der Waals surface area contributed by atoms with Crippen LogP contribution >= 0.6 is 0 Å². The summed E-state index contributed by atoms with van der Waals surface area (Å²) >= 11 is 0. The van der Waals surface area contributed by atoms with E-state index in [9.17, 15) is 0 Å². The third-order valence-electron chi connectivity index (χ3n) is 6.82. The second-order valence-electron chi connectivity index (χ2n) is 9.18. The van der Waals surface area contributed by atoms with Gasteiger partial charge in [-0.2, -0.15) is 0 Å². The standard InChI is InChI=1S/C30H29N2O/c1-17(2)19-13-14-32(6)25(15-19)26-18(3)11-12-20-22-16-24-27(31-29(22)33-28(20)26)21-9-7-8-10-23(21)30(24,4)5/h7-17H,1-6H3/q+1/i4D3,5D3,17D. The van der Waals surface area contributed by atoms with Gasteiger partial charge in [0.2, 0.25) is 11.4 Å². The van der Waals surface area contributed by atoms with Gasteiger partial charge in [0, 0.05) is 43.5 Å². The van der Waals surface area contributed by atoms with Crippen LogP contribution in [0.3, 0.4) is 0 Å². The van der Waals surface area contributed by atoms with Gasteiger partial charge in [-0.1, -0.05) is 63.9 Å². The van der Waals surface area contributed by atoms with Crippen molar-refractivity contribution in [3.63, 3.8) is 0 Å². The zero-order chi connectivity index (χ0) is 29.0. The van der Waals surface area contributed by atoms with E-state index in [-0.39, 0.29) is 11.1 Å². The van der Waals surface area contributed by atoms with Gasteiger partial charge in [0.05, 0.1) is 11.3 Å². The summed E-state index contributed by atoms with van der Waals surface area (Å²) in [5, 5.41) is 1.27. The Balaban J connectivity index is 1.72. The number of pyridine rings is 2. The first-order valence-corrected chi connectivity index (χ1v) is 11.0. The fourth-order valence-electron chi connectivity index (χ4n) is 4.96. The van der Waals surface area contributed by atoms with Gasteiger partial charge in [-0.25, -0.2) is 9.55 Å². The van der Waals surface area contributed by atoms with Crippen LogP contribution in [0.25, 0.3) is 44.6 Å². The van der Waals surface area contributed by atoms with Gasteiger partial charge >= 0.3 is 0 Å². The number of rotatable bonds is 2. The Morgan fingerprint density at radius 1 is 1.03 bits per heavy atom. The first-order chi connectivity index (χ1) is 18.6. The zero-order valence-electron chi connectivity index (χ0n) is 26.1. The Labute approximate surface area is 204 Å². The molecule has 164 valence electrons. The summed E-state index contributed by atoms with van der Waals surface area (Å²) in [5.41, 5.74) is 3.34. The molecule has 0 aliphatic heterocycles. The van der Waals surface area contributed by atoms with Crippen LogP contribution in [0.1, 0.15) is 65.3 Å². The van der Waals surface area contributed by atoms with Gasteiger partial charge in [-0.3, -0.25) is 0 Å². The maximum Gasteiger partial charge on any atom is 0.227 e. The summed E-state index contributed by atoms with van der Waals surface area (Å²) in [6, 6.07) is 16.2. The minimum atomic E-state index is -2.87. The molecular formula is C30H29N2O+. The molecule has 1 aliphatic rings. The number of aromatic nitrogens is 2. The van der Waals surface area contributed by atoms with Crippen LogP contribution in [-0.4, -0.2) is 4.98 Å². The molecule has 5 aromatic rings. The van der Waals surface area contributed by atoms with E-state index >= 15 is 0 Å². The molecule has 0 saturated carbocycles. The largest absolute Gasteiger partial charge is 0.437 e. The highest BCUT2D eigenvalue weighted by Gasteiger charge is 2.37. The molecule has 0 radical (unpaired) electrons. The van der Waals surface area contributed by atoms with E-state index in [4.69, 9.17) is 19.0 Å². The number of nitrogens with zero attached hydrogens (tertiary/aromatic N) is 2. The van der Waals surface area contributed by atoms with Crippen molar-refractivity contribution in [2.75, 3.05) is 0 Å². The lowest BCUT2D eigenvalue weighted by Crippen LogP contribution is -2.31. The Hall–Kier alpha value is -3.46. The fraction of sp³-hybridized carbons (Fsp3) is 0.267. The van der Waals surface area contributed by atoms with Gasteiger partial charge in [0.1, 0.15) is 7.05 Å². The Morgan fingerprint density at radius 2 is 1.85 bits per heavy atom. The molecular weight excluding hydrogens is 404 g/mol.